The Labute approximate surface area is 122 Å². The fourth-order valence-corrected chi connectivity index (χ4v) is 2.61. The van der Waals surface area contributed by atoms with Crippen molar-refractivity contribution >= 4 is 11.0 Å². The number of fused-ring (bicyclic) bond motifs is 1. The number of furan rings is 1. The van der Waals surface area contributed by atoms with Crippen LogP contribution < -0.4 is 5.32 Å². The minimum Gasteiger partial charge on any atom is -0.459 e. The molecule has 1 aromatic carbocycles. The van der Waals surface area contributed by atoms with Crippen LogP contribution in [0.3, 0.4) is 0 Å². The molecule has 110 valence electrons. The van der Waals surface area contributed by atoms with E-state index >= 15 is 0 Å². The molecule has 2 aromatic rings. The predicted molar refractivity (Wildman–Crippen MR) is 86.2 cm³/mol. The smallest absolute Gasteiger partial charge is 0.134 e. The van der Waals surface area contributed by atoms with Crippen LogP contribution in [0.5, 0.6) is 0 Å². The molecule has 1 heterocycles. The standard InChI is InChI=1S/C18H27NO/c1-6-7-19-11-18-15(8-12(2)3)16-9-13(4)14(5)10-17(16)20-18/h9-10,12,19H,6-8,11H2,1-5H3. The molecule has 0 aliphatic rings. The lowest BCUT2D eigenvalue weighted by Crippen LogP contribution is -2.14. The average molecular weight is 273 g/mol. The van der Waals surface area contributed by atoms with E-state index in [0.717, 1.165) is 37.3 Å². The van der Waals surface area contributed by atoms with Crippen molar-refractivity contribution < 1.29 is 4.42 Å². The first-order valence-electron chi connectivity index (χ1n) is 7.75. The summed E-state index contributed by atoms with van der Waals surface area (Å²) in [4.78, 5) is 0. The van der Waals surface area contributed by atoms with Crippen LogP contribution >= 0.6 is 0 Å². The topological polar surface area (TPSA) is 25.2 Å². The molecule has 0 spiro atoms. The van der Waals surface area contributed by atoms with Gasteiger partial charge in [0.2, 0.25) is 0 Å². The Morgan fingerprint density at radius 2 is 1.85 bits per heavy atom. The number of hydrogen-bond acceptors (Lipinski definition) is 2. The van der Waals surface area contributed by atoms with Gasteiger partial charge in [-0.25, -0.2) is 0 Å². The van der Waals surface area contributed by atoms with Crippen molar-refractivity contribution in [3.8, 4) is 0 Å². The maximum Gasteiger partial charge on any atom is 0.134 e. The van der Waals surface area contributed by atoms with E-state index < -0.39 is 0 Å². The zero-order chi connectivity index (χ0) is 14.7. The second-order valence-electron chi connectivity index (χ2n) is 6.21. The molecule has 0 aliphatic carbocycles. The molecule has 0 aliphatic heterocycles. The third-order valence-corrected chi connectivity index (χ3v) is 3.82. The van der Waals surface area contributed by atoms with E-state index in [4.69, 9.17) is 4.42 Å². The van der Waals surface area contributed by atoms with Crippen molar-refractivity contribution in [3.63, 3.8) is 0 Å². The van der Waals surface area contributed by atoms with E-state index in [2.05, 4.69) is 52.1 Å². The molecule has 0 unspecified atom stereocenters. The summed E-state index contributed by atoms with van der Waals surface area (Å²) in [6.07, 6.45) is 2.23. The summed E-state index contributed by atoms with van der Waals surface area (Å²) >= 11 is 0. The lowest BCUT2D eigenvalue weighted by atomic mass is 9.97. The van der Waals surface area contributed by atoms with Crippen LogP contribution in [0.15, 0.2) is 16.5 Å². The van der Waals surface area contributed by atoms with Crippen molar-refractivity contribution in [2.24, 2.45) is 5.92 Å². The minimum atomic E-state index is 0.641. The number of benzene rings is 1. The van der Waals surface area contributed by atoms with Gasteiger partial charge in [0, 0.05) is 10.9 Å². The van der Waals surface area contributed by atoms with E-state index in [9.17, 15) is 0 Å². The highest BCUT2D eigenvalue weighted by Crippen LogP contribution is 2.30. The van der Waals surface area contributed by atoms with Gasteiger partial charge in [-0.2, -0.15) is 0 Å². The van der Waals surface area contributed by atoms with Gasteiger partial charge in [0.05, 0.1) is 6.54 Å². The van der Waals surface area contributed by atoms with Gasteiger partial charge in [-0.05, 0) is 62.4 Å². The Hall–Kier alpha value is -1.28. The second-order valence-corrected chi connectivity index (χ2v) is 6.21. The molecule has 2 heteroatoms. The van der Waals surface area contributed by atoms with Gasteiger partial charge in [-0.15, -0.1) is 0 Å². The predicted octanol–water partition coefficient (Wildman–Crippen LogP) is 4.75. The number of hydrogen-bond donors (Lipinski definition) is 1. The van der Waals surface area contributed by atoms with E-state index in [1.165, 1.54) is 22.1 Å². The molecule has 0 radical (unpaired) electrons. The first-order chi connectivity index (χ1) is 9.52. The Morgan fingerprint density at radius 3 is 2.50 bits per heavy atom. The number of nitrogens with one attached hydrogen (secondary N) is 1. The normalized spacial score (nSPS) is 11.7. The minimum absolute atomic E-state index is 0.641. The summed E-state index contributed by atoms with van der Waals surface area (Å²) in [7, 11) is 0. The number of rotatable bonds is 6. The summed E-state index contributed by atoms with van der Waals surface area (Å²) in [6.45, 7) is 12.9. The molecule has 0 amide bonds. The zero-order valence-electron chi connectivity index (χ0n) is 13.5. The summed E-state index contributed by atoms with van der Waals surface area (Å²) in [5.74, 6) is 1.76. The summed E-state index contributed by atoms with van der Waals surface area (Å²) in [6, 6.07) is 4.47. The van der Waals surface area contributed by atoms with Gasteiger partial charge >= 0.3 is 0 Å². The Bertz CT molecular complexity index is 581. The molecule has 0 saturated heterocycles. The van der Waals surface area contributed by atoms with Gasteiger partial charge in [0.1, 0.15) is 11.3 Å². The summed E-state index contributed by atoms with van der Waals surface area (Å²) < 4.78 is 6.12. The molecule has 2 nitrogen and oxygen atoms in total. The van der Waals surface area contributed by atoms with E-state index in [1.54, 1.807) is 0 Å². The molecule has 1 aromatic heterocycles. The quantitative estimate of drug-likeness (QED) is 0.768. The lowest BCUT2D eigenvalue weighted by molar-refractivity contribution is 0.500. The zero-order valence-corrected chi connectivity index (χ0v) is 13.5. The summed E-state index contributed by atoms with van der Waals surface area (Å²) in [5.41, 5.74) is 5.07. The van der Waals surface area contributed by atoms with Crippen LogP contribution in [0.25, 0.3) is 11.0 Å². The van der Waals surface area contributed by atoms with Gasteiger partial charge in [0.15, 0.2) is 0 Å². The van der Waals surface area contributed by atoms with Crippen LogP contribution in [0, 0.1) is 19.8 Å². The molecule has 2 rings (SSSR count). The molecule has 0 bridgehead atoms. The average Bonchev–Trinajstić information content (AvgIpc) is 2.68. The van der Waals surface area contributed by atoms with E-state index in [1.807, 2.05) is 0 Å². The van der Waals surface area contributed by atoms with Crippen LogP contribution in [0.4, 0.5) is 0 Å². The highest BCUT2D eigenvalue weighted by atomic mass is 16.3. The fourth-order valence-electron chi connectivity index (χ4n) is 2.61. The maximum absolute atomic E-state index is 6.12. The van der Waals surface area contributed by atoms with Crippen LogP contribution in [-0.2, 0) is 13.0 Å². The van der Waals surface area contributed by atoms with Crippen LogP contribution in [0.2, 0.25) is 0 Å². The highest BCUT2D eigenvalue weighted by Gasteiger charge is 2.15. The van der Waals surface area contributed by atoms with Crippen molar-refractivity contribution in [3.05, 3.63) is 34.6 Å². The maximum atomic E-state index is 6.12. The molecular weight excluding hydrogens is 246 g/mol. The van der Waals surface area contributed by atoms with Crippen molar-refractivity contribution in [2.75, 3.05) is 6.54 Å². The van der Waals surface area contributed by atoms with Gasteiger partial charge < -0.3 is 9.73 Å². The van der Waals surface area contributed by atoms with E-state index in [0.29, 0.717) is 5.92 Å². The summed E-state index contributed by atoms with van der Waals surface area (Å²) in [5, 5.41) is 4.76. The SMILES string of the molecule is CCCNCc1oc2cc(C)c(C)cc2c1CC(C)C. The van der Waals surface area contributed by atoms with Gasteiger partial charge in [-0.1, -0.05) is 20.8 Å². The molecular formula is C18H27NO. The fraction of sp³-hybridized carbons (Fsp3) is 0.556. The van der Waals surface area contributed by atoms with Gasteiger partial charge in [-0.3, -0.25) is 0 Å². The Balaban J connectivity index is 2.43. The van der Waals surface area contributed by atoms with Crippen molar-refractivity contribution in [2.45, 2.75) is 54.0 Å². The monoisotopic (exact) mass is 273 g/mol. The van der Waals surface area contributed by atoms with Crippen LogP contribution in [-0.4, -0.2) is 6.54 Å². The largest absolute Gasteiger partial charge is 0.459 e. The molecule has 0 fully saturated rings. The van der Waals surface area contributed by atoms with Gasteiger partial charge in [0.25, 0.3) is 0 Å². The first-order valence-corrected chi connectivity index (χ1v) is 7.75. The lowest BCUT2D eigenvalue weighted by Gasteiger charge is -2.07. The second kappa shape index (κ2) is 6.45. The molecule has 0 atom stereocenters. The molecule has 20 heavy (non-hydrogen) atoms. The molecule has 0 saturated carbocycles. The molecule has 1 N–H and O–H groups in total. The Kier molecular flexibility index (Phi) is 4.87. The van der Waals surface area contributed by atoms with Crippen molar-refractivity contribution in [1.29, 1.82) is 0 Å². The first kappa shape index (κ1) is 15.1. The van der Waals surface area contributed by atoms with Crippen LogP contribution in [0.1, 0.15) is 49.6 Å². The third-order valence-electron chi connectivity index (χ3n) is 3.82. The van der Waals surface area contributed by atoms with Crippen molar-refractivity contribution in [1.82, 2.24) is 5.32 Å². The number of aryl methyl sites for hydroxylation is 2. The third kappa shape index (κ3) is 3.24. The highest BCUT2D eigenvalue weighted by molar-refractivity contribution is 5.84. The van der Waals surface area contributed by atoms with E-state index in [-0.39, 0.29) is 0 Å². The Morgan fingerprint density at radius 1 is 1.15 bits per heavy atom.